The van der Waals surface area contributed by atoms with Crippen LogP contribution in [-0.2, 0) is 15.6 Å². The van der Waals surface area contributed by atoms with Gasteiger partial charge in [-0.05, 0) is 45.5 Å². The van der Waals surface area contributed by atoms with E-state index in [1.165, 1.54) is 18.7 Å². The number of phenols is 1. The fraction of sp³-hybridized carbons (Fsp3) is 0.429. The van der Waals surface area contributed by atoms with Gasteiger partial charge in [0.05, 0.1) is 11.3 Å². The number of aromatic amines is 1. The van der Waals surface area contributed by atoms with Crippen molar-refractivity contribution in [3.05, 3.63) is 63.4 Å². The fourth-order valence-corrected chi connectivity index (χ4v) is 5.35. The first-order chi connectivity index (χ1) is 16.8. The normalized spacial score (nSPS) is 15.4. The highest BCUT2D eigenvalue weighted by Gasteiger charge is 2.46. The Bertz CT molecular complexity index is 1360. The summed E-state index contributed by atoms with van der Waals surface area (Å²) in [5.74, 6) is 0.831. The molecule has 0 saturated carbocycles. The lowest BCUT2D eigenvalue weighted by Gasteiger charge is -2.33. The van der Waals surface area contributed by atoms with Crippen LogP contribution in [0, 0.1) is 0 Å². The van der Waals surface area contributed by atoms with Crippen molar-refractivity contribution in [3.63, 3.8) is 0 Å². The molecule has 1 atom stereocenters. The van der Waals surface area contributed by atoms with Gasteiger partial charge in [0.15, 0.2) is 0 Å². The maximum Gasteiger partial charge on any atom is 0.325 e. The number of hydrogen-bond donors (Lipinski definition) is 2. The van der Waals surface area contributed by atoms with Crippen LogP contribution in [-0.4, -0.2) is 26.8 Å². The number of nitrogens with zero attached hydrogens (tertiary/aromatic N) is 3. The summed E-state index contributed by atoms with van der Waals surface area (Å²) >= 11 is 1.44. The molecule has 4 rings (SSSR count). The molecule has 1 amide bonds. The van der Waals surface area contributed by atoms with Crippen LogP contribution in [0.5, 0.6) is 5.75 Å². The van der Waals surface area contributed by atoms with E-state index in [1.54, 1.807) is 9.58 Å². The van der Waals surface area contributed by atoms with Gasteiger partial charge in [0.25, 0.3) is 6.17 Å². The first-order valence-corrected chi connectivity index (χ1v) is 13.2. The predicted molar refractivity (Wildman–Crippen MR) is 144 cm³/mol. The van der Waals surface area contributed by atoms with E-state index in [0.717, 1.165) is 22.4 Å². The number of H-pyrrole nitrogens is 1. The molecule has 0 bridgehead atoms. The standard InChI is InChI=1S/C28H34N4O3S/c1-9-36-26-29-24(35)22-18-12-10-11-13-21(18)31(16(2)33)25(32(22)30-26)17-14-19(27(3,4)5)23(34)20(15-17)28(6,7)8/h10-15,25H,9H2,1-8H3,(H-,29,30,34,35)/p+1/t25-/m0/s1. The van der Waals surface area contributed by atoms with Crippen LogP contribution < -0.4 is 15.1 Å². The Kier molecular flexibility index (Phi) is 6.54. The number of amides is 1. The molecule has 1 aliphatic heterocycles. The third-order valence-corrected chi connectivity index (χ3v) is 7.17. The van der Waals surface area contributed by atoms with Gasteiger partial charge in [-0.3, -0.25) is 14.6 Å². The molecule has 0 fully saturated rings. The lowest BCUT2D eigenvalue weighted by Crippen LogP contribution is -2.60. The molecule has 36 heavy (non-hydrogen) atoms. The number of phenolic OH excluding ortho intramolecular Hbond substituents is 1. The Hall–Kier alpha value is -3.13. The number of carbonyl (C=O) groups excluding carboxylic acids is 1. The van der Waals surface area contributed by atoms with Crippen molar-refractivity contribution in [1.82, 2.24) is 10.1 Å². The van der Waals surface area contributed by atoms with E-state index in [2.05, 4.69) is 46.5 Å². The van der Waals surface area contributed by atoms with Crippen molar-refractivity contribution in [2.45, 2.75) is 77.5 Å². The number of thioether (sulfide) groups is 1. The van der Waals surface area contributed by atoms with Gasteiger partial charge in [-0.25, -0.2) is 4.90 Å². The Morgan fingerprint density at radius 3 is 2.22 bits per heavy atom. The zero-order valence-electron chi connectivity index (χ0n) is 22.3. The molecule has 2 N–H and O–H groups in total. The Balaban J connectivity index is 2.14. The van der Waals surface area contributed by atoms with E-state index in [9.17, 15) is 14.7 Å². The van der Waals surface area contributed by atoms with Gasteiger partial charge in [0.1, 0.15) is 5.75 Å². The number of fused-ring (bicyclic) bond motifs is 3. The zero-order chi connectivity index (χ0) is 26.6. The molecular weight excluding hydrogens is 472 g/mol. The highest BCUT2D eigenvalue weighted by atomic mass is 32.2. The summed E-state index contributed by atoms with van der Waals surface area (Å²) in [7, 11) is 0. The molecule has 0 radical (unpaired) electrons. The van der Waals surface area contributed by atoms with Gasteiger partial charge in [-0.15, -0.1) is 0 Å². The summed E-state index contributed by atoms with van der Waals surface area (Å²) in [4.78, 5) is 31.2. The molecule has 0 aliphatic carbocycles. The van der Waals surface area contributed by atoms with Gasteiger partial charge in [-0.2, -0.15) is 0 Å². The second-order valence-electron chi connectivity index (χ2n) is 11.2. The van der Waals surface area contributed by atoms with E-state index >= 15 is 0 Å². The van der Waals surface area contributed by atoms with Gasteiger partial charge in [0.2, 0.25) is 11.1 Å². The molecule has 0 spiro atoms. The Labute approximate surface area is 216 Å². The molecule has 0 unspecified atom stereocenters. The lowest BCUT2D eigenvalue weighted by molar-refractivity contribution is -0.763. The Morgan fingerprint density at radius 2 is 1.69 bits per heavy atom. The van der Waals surface area contributed by atoms with Crippen LogP contribution in [0.2, 0.25) is 0 Å². The summed E-state index contributed by atoms with van der Waals surface area (Å²) in [6.45, 7) is 15.8. The number of aromatic hydroxyl groups is 1. The van der Waals surface area contributed by atoms with Crippen LogP contribution in [0.15, 0.2) is 46.3 Å². The minimum absolute atomic E-state index is 0.167. The summed E-state index contributed by atoms with van der Waals surface area (Å²) in [5, 5.41) is 16.6. The second-order valence-corrected chi connectivity index (χ2v) is 12.5. The number of benzene rings is 2. The third kappa shape index (κ3) is 4.43. The average molecular weight is 508 g/mol. The Morgan fingerprint density at radius 1 is 1.11 bits per heavy atom. The molecular formula is C28H35N4O3S+. The fourth-order valence-electron chi connectivity index (χ4n) is 4.76. The zero-order valence-corrected chi connectivity index (χ0v) is 23.1. The number of rotatable bonds is 3. The van der Waals surface area contributed by atoms with E-state index in [-0.39, 0.29) is 28.0 Å². The summed E-state index contributed by atoms with van der Waals surface area (Å²) in [6.07, 6.45) is -0.700. The van der Waals surface area contributed by atoms with Crippen LogP contribution >= 0.6 is 11.8 Å². The molecule has 8 heteroatoms. The number of para-hydroxylation sites is 1. The van der Waals surface area contributed by atoms with Gasteiger partial charge >= 0.3 is 11.3 Å². The number of carbonyl (C=O) groups is 1. The van der Waals surface area contributed by atoms with Gasteiger partial charge in [-0.1, -0.05) is 72.4 Å². The summed E-state index contributed by atoms with van der Waals surface area (Å²) < 4.78 is 1.67. The second kappa shape index (κ2) is 9.07. The molecule has 1 aromatic heterocycles. The van der Waals surface area contributed by atoms with E-state index < -0.39 is 6.17 Å². The molecule has 190 valence electrons. The minimum atomic E-state index is -0.700. The molecule has 0 saturated heterocycles. The number of nitrogens with one attached hydrogen (secondary N) is 1. The van der Waals surface area contributed by atoms with Crippen LogP contribution in [0.4, 0.5) is 5.69 Å². The molecule has 2 aromatic carbocycles. The monoisotopic (exact) mass is 507 g/mol. The average Bonchev–Trinajstić information content (AvgIpc) is 2.76. The third-order valence-electron chi connectivity index (χ3n) is 6.42. The quantitative estimate of drug-likeness (QED) is 0.382. The summed E-state index contributed by atoms with van der Waals surface area (Å²) in [5.41, 5.74) is 3.08. The minimum Gasteiger partial charge on any atom is -0.507 e. The number of anilines is 1. The van der Waals surface area contributed by atoms with Crippen LogP contribution in [0.25, 0.3) is 11.3 Å². The van der Waals surface area contributed by atoms with E-state index in [1.807, 2.05) is 43.3 Å². The topological polar surface area (TPSA) is 90.2 Å². The molecule has 1 aliphatic rings. The summed E-state index contributed by atoms with van der Waals surface area (Å²) in [6, 6.07) is 11.3. The first kappa shape index (κ1) is 25.9. The van der Waals surface area contributed by atoms with Crippen LogP contribution in [0.3, 0.4) is 0 Å². The highest BCUT2D eigenvalue weighted by Crippen LogP contribution is 2.43. The molecule has 7 nitrogen and oxygen atoms in total. The molecule has 2 heterocycles. The van der Waals surface area contributed by atoms with Gasteiger partial charge in [0, 0.05) is 28.7 Å². The van der Waals surface area contributed by atoms with Crippen molar-refractivity contribution >= 4 is 23.4 Å². The lowest BCUT2D eigenvalue weighted by atomic mass is 9.78. The van der Waals surface area contributed by atoms with Crippen molar-refractivity contribution in [2.75, 3.05) is 10.7 Å². The van der Waals surface area contributed by atoms with E-state index in [4.69, 9.17) is 5.10 Å². The highest BCUT2D eigenvalue weighted by molar-refractivity contribution is 7.99. The SMILES string of the molecule is CCSc1n[n+]2c(c(=O)[nH]1)-c1ccccc1N(C(C)=O)[C@@H]2c1cc(C(C)(C)C)c(O)c(C(C)(C)C)c1. The van der Waals surface area contributed by atoms with E-state index in [0.29, 0.717) is 22.1 Å². The van der Waals surface area contributed by atoms with Crippen molar-refractivity contribution in [3.8, 4) is 17.0 Å². The van der Waals surface area contributed by atoms with Crippen molar-refractivity contribution < 1.29 is 14.6 Å². The smallest absolute Gasteiger partial charge is 0.325 e. The number of aromatic nitrogens is 3. The maximum absolute atomic E-state index is 13.4. The molecule has 3 aromatic rings. The van der Waals surface area contributed by atoms with Crippen molar-refractivity contribution in [2.24, 2.45) is 0 Å². The van der Waals surface area contributed by atoms with Gasteiger partial charge < -0.3 is 5.11 Å². The predicted octanol–water partition coefficient (Wildman–Crippen LogP) is 5.05. The largest absolute Gasteiger partial charge is 0.507 e. The van der Waals surface area contributed by atoms with Crippen LogP contribution in [0.1, 0.15) is 78.2 Å². The first-order valence-electron chi connectivity index (χ1n) is 12.2. The number of hydrogen-bond acceptors (Lipinski definition) is 5. The van der Waals surface area contributed by atoms with Crippen molar-refractivity contribution in [1.29, 1.82) is 0 Å². The maximum atomic E-state index is 13.4.